The molecule has 0 unspecified atom stereocenters. The van der Waals surface area contributed by atoms with Crippen molar-refractivity contribution in [1.29, 1.82) is 0 Å². The average molecular weight is 792 g/mol. The van der Waals surface area contributed by atoms with Gasteiger partial charge in [-0.1, -0.05) is 0 Å². The molecule has 4 nitrogen and oxygen atoms in total. The summed E-state index contributed by atoms with van der Waals surface area (Å²) in [6.07, 6.45) is 0. The Labute approximate surface area is 290 Å². The minimum atomic E-state index is -4.19. The number of rotatable bonds is 14. The van der Waals surface area contributed by atoms with Gasteiger partial charge in [0.05, 0.1) is 0 Å². The van der Waals surface area contributed by atoms with Crippen LogP contribution in [0.2, 0.25) is 78.6 Å². The van der Waals surface area contributed by atoms with E-state index < -0.39 is 52.4 Å². The number of anilines is 2. The molecule has 2 N–H and O–H groups in total. The van der Waals surface area contributed by atoms with Gasteiger partial charge in [-0.2, -0.15) is 0 Å². The first-order valence-corrected chi connectivity index (χ1v) is 36.8. The van der Waals surface area contributed by atoms with Crippen LogP contribution < -0.4 is 7.08 Å². The molecule has 0 heterocycles. The van der Waals surface area contributed by atoms with E-state index in [0.29, 0.717) is 23.7 Å². The predicted molar refractivity (Wildman–Crippen MR) is 219 cm³/mol. The summed E-state index contributed by atoms with van der Waals surface area (Å²) in [5, 5.41) is 0. The second-order valence-electron chi connectivity index (χ2n) is 18.5. The molecule has 9 heteroatoms. The number of para-hydroxylation sites is 2. The van der Waals surface area contributed by atoms with Crippen molar-refractivity contribution in [1.82, 2.24) is 4.91 Å². The van der Waals surface area contributed by atoms with E-state index >= 15 is 0 Å². The molecule has 0 saturated carbocycles. The van der Waals surface area contributed by atoms with Crippen LogP contribution in [0.1, 0.15) is 101 Å². The second kappa shape index (κ2) is 14.6. The van der Waals surface area contributed by atoms with E-state index in [9.17, 15) is 0 Å². The van der Waals surface area contributed by atoms with Crippen LogP contribution in [0.15, 0.2) is 36.4 Å². The summed E-state index contributed by atoms with van der Waals surface area (Å²) in [6, 6.07) is 14.2. The molecule has 0 aromatic heterocycles. The molecule has 256 valence electrons. The number of hydrogen-bond donors (Lipinski definition) is 2. The van der Waals surface area contributed by atoms with Crippen molar-refractivity contribution in [3.8, 4) is 0 Å². The van der Waals surface area contributed by atoms with E-state index in [1.165, 1.54) is 33.6 Å². The second-order valence-corrected chi connectivity index (χ2v) is 51.5. The molecule has 0 aliphatic carbocycles. The maximum atomic E-state index is 4.79. The van der Waals surface area contributed by atoms with Gasteiger partial charge in [-0.15, -0.1) is 0 Å². The maximum absolute atomic E-state index is 4.79. The van der Waals surface area contributed by atoms with Crippen molar-refractivity contribution in [3.63, 3.8) is 0 Å². The summed E-state index contributed by atoms with van der Waals surface area (Å²) in [5.41, 5.74) is 8.68. The van der Waals surface area contributed by atoms with Crippen LogP contribution in [0.4, 0.5) is 11.4 Å². The third-order valence-corrected chi connectivity index (χ3v) is 60.9. The molecule has 2 aromatic carbocycles. The standard InChI is InChI=1S/2C12H18N.2C6H18NSi2.Sn/c2*1-8(2)10-6-5-7-11(9(3)4)12(10)13;2*1-8(2,3)7-9(4,5)6;/h2*5-9,13H,1-4H3;2*1-6H3;/q4*-1;+4. The summed E-state index contributed by atoms with van der Waals surface area (Å²) < 4.78 is 16.1. The molecule has 0 bridgehead atoms. The Morgan fingerprint density at radius 1 is 0.422 bits per heavy atom. The number of hydrogen-bond acceptors (Lipinski definition) is 4. The third-order valence-electron chi connectivity index (χ3n) is 8.67. The molecule has 0 fully saturated rings. The molecule has 0 atom stereocenters. The molecular weight excluding hydrogens is 719 g/mol. The first kappa shape index (κ1) is 40.8. The Bertz CT molecular complexity index is 1100. The fraction of sp³-hybridized carbons (Fsp3) is 0.667. The Kier molecular flexibility index (Phi) is 13.3. The van der Waals surface area contributed by atoms with Crippen LogP contribution in [0, 0.1) is 0 Å². The summed E-state index contributed by atoms with van der Waals surface area (Å²) in [5.74, 6) is 1.74. The summed E-state index contributed by atoms with van der Waals surface area (Å²) in [6.45, 7) is 50.6. The number of nitrogens with one attached hydrogen (secondary N) is 2. The first-order valence-electron chi connectivity index (χ1n) is 17.6. The van der Waals surface area contributed by atoms with Crippen LogP contribution in [0.25, 0.3) is 0 Å². The Morgan fingerprint density at radius 2 is 0.622 bits per heavy atom. The van der Waals surface area contributed by atoms with Gasteiger partial charge < -0.3 is 0 Å². The molecule has 0 saturated heterocycles. The van der Waals surface area contributed by atoms with Crippen molar-refractivity contribution < 1.29 is 0 Å². The molecular formula is C36H72N4Si4Sn. The van der Waals surface area contributed by atoms with Crippen molar-refractivity contribution >= 4 is 63.8 Å². The van der Waals surface area contributed by atoms with E-state index in [0.717, 1.165) is 0 Å². The minimum absolute atomic E-state index is 0.434. The zero-order chi connectivity index (χ0) is 35.1. The Hall–Kier alpha value is -0.374. The predicted octanol–water partition coefficient (Wildman–Crippen LogP) is 12.1. The molecule has 2 aromatic rings. The normalized spacial score (nSPS) is 14.1. The molecule has 0 amide bonds. The molecule has 2 rings (SSSR count). The van der Waals surface area contributed by atoms with Crippen LogP contribution in [-0.2, 0) is 0 Å². The van der Waals surface area contributed by atoms with Crippen LogP contribution >= 0.6 is 0 Å². The summed E-state index contributed by atoms with van der Waals surface area (Å²) in [7, 11) is -7.59. The van der Waals surface area contributed by atoms with Gasteiger partial charge in [0, 0.05) is 0 Å². The molecule has 0 aliphatic rings. The zero-order valence-corrected chi connectivity index (χ0v) is 40.0. The van der Waals surface area contributed by atoms with Gasteiger partial charge in [-0.25, -0.2) is 0 Å². The van der Waals surface area contributed by atoms with E-state index in [1.54, 1.807) is 0 Å². The topological polar surface area (TPSA) is 30.5 Å². The monoisotopic (exact) mass is 792 g/mol. The molecule has 45 heavy (non-hydrogen) atoms. The number of nitrogens with zero attached hydrogens (tertiary/aromatic N) is 2. The van der Waals surface area contributed by atoms with Gasteiger partial charge in [0.25, 0.3) is 0 Å². The molecule has 0 spiro atoms. The third kappa shape index (κ3) is 9.41. The first-order chi connectivity index (χ1) is 20.2. The van der Waals surface area contributed by atoms with Gasteiger partial charge in [-0.05, 0) is 0 Å². The van der Waals surface area contributed by atoms with Gasteiger partial charge in [0.2, 0.25) is 0 Å². The van der Waals surface area contributed by atoms with Gasteiger partial charge in [0.1, 0.15) is 0 Å². The summed E-state index contributed by atoms with van der Waals surface area (Å²) >= 11 is -4.19. The van der Waals surface area contributed by atoms with E-state index in [4.69, 9.17) is 7.08 Å². The van der Waals surface area contributed by atoms with Crippen molar-refractivity contribution in [2.75, 3.05) is 7.08 Å². The van der Waals surface area contributed by atoms with Crippen LogP contribution in [0.3, 0.4) is 0 Å². The van der Waals surface area contributed by atoms with E-state index in [-0.39, 0.29) is 0 Å². The van der Waals surface area contributed by atoms with Gasteiger partial charge >= 0.3 is 292 Å². The SMILES string of the molecule is CC(C)c1cccc(C(C)C)c1[NH][Sn]([NH]c1c(C(C)C)cccc1C(C)C)([N]([Si](C)(C)C)[Si](C)(C)C)[N]([Si](C)(C)C)[Si](C)(C)C. The quantitative estimate of drug-likeness (QED) is 0.187. The van der Waals surface area contributed by atoms with Crippen molar-refractivity contribution in [2.45, 2.75) is 158 Å². The molecule has 0 aliphatic heterocycles. The fourth-order valence-corrected chi connectivity index (χ4v) is 75.3. The zero-order valence-electron chi connectivity index (χ0n) is 33.2. The number of benzene rings is 2. The van der Waals surface area contributed by atoms with Gasteiger partial charge in [-0.3, -0.25) is 0 Å². The van der Waals surface area contributed by atoms with Crippen molar-refractivity contribution in [3.05, 3.63) is 58.7 Å². The van der Waals surface area contributed by atoms with Crippen LogP contribution in [0.5, 0.6) is 0 Å². The summed E-state index contributed by atoms with van der Waals surface area (Å²) in [4.78, 5) is 0. The van der Waals surface area contributed by atoms with E-state index in [2.05, 4.69) is 175 Å². The van der Waals surface area contributed by atoms with Crippen LogP contribution in [-0.4, -0.2) is 57.3 Å². The Morgan fingerprint density at radius 3 is 0.778 bits per heavy atom. The van der Waals surface area contributed by atoms with Gasteiger partial charge in [0.15, 0.2) is 0 Å². The fourth-order valence-electron chi connectivity index (χ4n) is 8.05. The average Bonchev–Trinajstić information content (AvgIpc) is 2.79. The van der Waals surface area contributed by atoms with E-state index in [1.807, 2.05) is 0 Å². The Balaban J connectivity index is 3.42. The molecule has 0 radical (unpaired) electrons. The van der Waals surface area contributed by atoms with Crippen molar-refractivity contribution in [2.24, 2.45) is 0 Å².